The van der Waals surface area contributed by atoms with E-state index < -0.39 is 0 Å². The molecule has 6 heteroatoms. The zero-order valence-corrected chi connectivity index (χ0v) is 15.1. The van der Waals surface area contributed by atoms with Crippen molar-refractivity contribution in [3.63, 3.8) is 0 Å². The van der Waals surface area contributed by atoms with Crippen molar-refractivity contribution < 1.29 is 0 Å². The molecule has 2 aromatic rings. The number of aromatic nitrogens is 2. The fraction of sp³-hybridized carbons (Fsp3) is 0.400. The zero-order chi connectivity index (χ0) is 15.4. The van der Waals surface area contributed by atoms with Crippen LogP contribution in [0.4, 0.5) is 0 Å². The quantitative estimate of drug-likeness (QED) is 0.746. The first-order valence-electron chi connectivity index (χ1n) is 6.97. The van der Waals surface area contributed by atoms with Crippen molar-refractivity contribution in [2.24, 2.45) is 0 Å². The lowest BCUT2D eigenvalue weighted by atomic mass is 10.0. The molecule has 0 aliphatic carbocycles. The highest BCUT2D eigenvalue weighted by Crippen LogP contribution is 2.32. The molecule has 0 saturated heterocycles. The Labute approximate surface area is 143 Å². The number of nitrogens with one attached hydrogen (secondary N) is 1. The van der Waals surface area contributed by atoms with Gasteiger partial charge in [0.05, 0.1) is 22.4 Å². The highest BCUT2D eigenvalue weighted by atomic mass is 79.9. The molecule has 1 atom stereocenters. The summed E-state index contributed by atoms with van der Waals surface area (Å²) in [6.07, 6.45) is 2.86. The van der Waals surface area contributed by atoms with Crippen molar-refractivity contribution in [2.75, 3.05) is 6.54 Å². The van der Waals surface area contributed by atoms with Gasteiger partial charge in [0.15, 0.2) is 0 Å². The Morgan fingerprint density at radius 3 is 2.48 bits per heavy atom. The van der Waals surface area contributed by atoms with E-state index >= 15 is 0 Å². The Kier molecular flexibility index (Phi) is 6.11. The van der Waals surface area contributed by atoms with E-state index in [9.17, 15) is 0 Å². The molecule has 21 heavy (non-hydrogen) atoms. The van der Waals surface area contributed by atoms with Crippen LogP contribution in [0.5, 0.6) is 0 Å². The number of aryl methyl sites for hydroxylation is 1. The molecule has 0 bridgehead atoms. The summed E-state index contributed by atoms with van der Waals surface area (Å²) >= 11 is 15.9. The maximum Gasteiger partial charge on any atom is 0.0760 e. The van der Waals surface area contributed by atoms with Crippen molar-refractivity contribution in [2.45, 2.75) is 32.9 Å². The molecule has 2 rings (SSSR count). The van der Waals surface area contributed by atoms with Crippen molar-refractivity contribution in [1.82, 2.24) is 15.1 Å². The minimum absolute atomic E-state index is 0.00498. The topological polar surface area (TPSA) is 29.9 Å². The summed E-state index contributed by atoms with van der Waals surface area (Å²) < 4.78 is 3.00. The van der Waals surface area contributed by atoms with Gasteiger partial charge in [0.25, 0.3) is 0 Å². The average molecular weight is 391 g/mol. The summed E-state index contributed by atoms with van der Waals surface area (Å²) in [6, 6.07) is 5.62. The predicted molar refractivity (Wildman–Crippen MR) is 92.2 cm³/mol. The molecular weight excluding hydrogens is 373 g/mol. The van der Waals surface area contributed by atoms with Crippen LogP contribution in [0, 0.1) is 0 Å². The minimum Gasteiger partial charge on any atom is -0.305 e. The Balaban J connectivity index is 2.50. The number of halogens is 3. The third kappa shape index (κ3) is 4.01. The molecule has 0 aliphatic heterocycles. The second-order valence-corrected chi connectivity index (χ2v) is 6.52. The van der Waals surface area contributed by atoms with Gasteiger partial charge in [-0.1, -0.05) is 37.0 Å². The average Bonchev–Trinajstić information content (AvgIpc) is 2.77. The van der Waals surface area contributed by atoms with Gasteiger partial charge in [-0.15, -0.1) is 0 Å². The summed E-state index contributed by atoms with van der Waals surface area (Å²) in [5, 5.41) is 9.20. The second kappa shape index (κ2) is 7.63. The van der Waals surface area contributed by atoms with E-state index in [2.05, 4.69) is 40.2 Å². The van der Waals surface area contributed by atoms with Crippen molar-refractivity contribution in [3.8, 4) is 0 Å². The fourth-order valence-electron chi connectivity index (χ4n) is 2.37. The molecule has 0 aliphatic rings. The molecule has 0 radical (unpaired) electrons. The van der Waals surface area contributed by atoms with Crippen LogP contribution in [-0.2, 0) is 6.54 Å². The molecule has 1 aromatic heterocycles. The van der Waals surface area contributed by atoms with Gasteiger partial charge in [-0.3, -0.25) is 4.68 Å². The van der Waals surface area contributed by atoms with Gasteiger partial charge >= 0.3 is 0 Å². The third-order valence-electron chi connectivity index (χ3n) is 3.17. The summed E-state index contributed by atoms with van der Waals surface area (Å²) in [6.45, 7) is 5.92. The predicted octanol–water partition coefficient (Wildman–Crippen LogP) is 5.06. The molecule has 1 N–H and O–H groups in total. The standard InChI is InChI=1S/C15H18BrCl2N3/c1-3-5-21-15(13(16)9-20-21)14(19-4-2)10-6-11(17)8-12(18)7-10/h6-9,14,19H,3-5H2,1-2H3. The highest BCUT2D eigenvalue weighted by molar-refractivity contribution is 9.10. The van der Waals surface area contributed by atoms with Crippen molar-refractivity contribution in [3.05, 3.63) is 50.2 Å². The van der Waals surface area contributed by atoms with E-state index in [1.807, 2.05) is 23.0 Å². The van der Waals surface area contributed by atoms with Gasteiger partial charge in [-0.05, 0) is 52.7 Å². The van der Waals surface area contributed by atoms with E-state index in [0.29, 0.717) is 10.0 Å². The molecule has 0 saturated carbocycles. The first-order valence-corrected chi connectivity index (χ1v) is 8.52. The number of benzene rings is 1. The monoisotopic (exact) mass is 389 g/mol. The molecule has 0 spiro atoms. The van der Waals surface area contributed by atoms with E-state index in [1.165, 1.54) is 0 Å². The Bertz CT molecular complexity index is 593. The van der Waals surface area contributed by atoms with Crippen LogP contribution in [0.25, 0.3) is 0 Å². The van der Waals surface area contributed by atoms with E-state index in [-0.39, 0.29) is 6.04 Å². The number of hydrogen-bond acceptors (Lipinski definition) is 2. The van der Waals surface area contributed by atoms with E-state index in [0.717, 1.165) is 35.2 Å². The summed E-state index contributed by atoms with van der Waals surface area (Å²) in [4.78, 5) is 0. The number of nitrogens with zero attached hydrogens (tertiary/aromatic N) is 2. The maximum absolute atomic E-state index is 6.15. The summed E-state index contributed by atoms with van der Waals surface area (Å²) in [5.41, 5.74) is 2.13. The van der Waals surface area contributed by atoms with Gasteiger partial charge in [0.2, 0.25) is 0 Å². The number of hydrogen-bond donors (Lipinski definition) is 1. The van der Waals surface area contributed by atoms with Gasteiger partial charge in [-0.25, -0.2) is 0 Å². The van der Waals surface area contributed by atoms with Gasteiger partial charge in [0.1, 0.15) is 0 Å². The van der Waals surface area contributed by atoms with E-state index in [1.54, 1.807) is 6.07 Å². The molecular formula is C15H18BrCl2N3. The van der Waals surface area contributed by atoms with Gasteiger partial charge < -0.3 is 5.32 Å². The lowest BCUT2D eigenvalue weighted by Crippen LogP contribution is -2.25. The third-order valence-corrected chi connectivity index (χ3v) is 4.22. The van der Waals surface area contributed by atoms with Crippen LogP contribution in [0.15, 0.2) is 28.9 Å². The SMILES string of the molecule is CCCn1ncc(Br)c1C(NCC)c1cc(Cl)cc(Cl)c1. The Morgan fingerprint density at radius 1 is 1.24 bits per heavy atom. The first kappa shape index (κ1) is 16.8. The Hall–Kier alpha value is -0.550. The molecule has 3 nitrogen and oxygen atoms in total. The van der Waals surface area contributed by atoms with Crippen LogP contribution in [0.3, 0.4) is 0 Å². The number of rotatable bonds is 6. The molecule has 114 valence electrons. The minimum atomic E-state index is -0.00498. The second-order valence-electron chi connectivity index (χ2n) is 4.79. The summed E-state index contributed by atoms with van der Waals surface area (Å²) in [5.74, 6) is 0. The van der Waals surface area contributed by atoms with Crippen molar-refractivity contribution in [1.29, 1.82) is 0 Å². The summed E-state index contributed by atoms with van der Waals surface area (Å²) in [7, 11) is 0. The van der Waals surface area contributed by atoms with Crippen LogP contribution in [0.1, 0.15) is 37.6 Å². The van der Waals surface area contributed by atoms with E-state index in [4.69, 9.17) is 23.2 Å². The van der Waals surface area contributed by atoms with Gasteiger partial charge in [0, 0.05) is 16.6 Å². The molecule has 1 heterocycles. The van der Waals surface area contributed by atoms with Crippen LogP contribution in [0.2, 0.25) is 10.0 Å². The fourth-order valence-corrected chi connectivity index (χ4v) is 3.44. The molecule has 1 aromatic carbocycles. The van der Waals surface area contributed by atoms with Crippen LogP contribution in [-0.4, -0.2) is 16.3 Å². The smallest absolute Gasteiger partial charge is 0.0760 e. The first-order chi connectivity index (χ1) is 10.1. The van der Waals surface area contributed by atoms with Crippen LogP contribution >= 0.6 is 39.1 Å². The lowest BCUT2D eigenvalue weighted by Gasteiger charge is -2.21. The normalized spacial score (nSPS) is 12.6. The largest absolute Gasteiger partial charge is 0.305 e. The highest BCUT2D eigenvalue weighted by Gasteiger charge is 2.21. The molecule has 0 fully saturated rings. The lowest BCUT2D eigenvalue weighted by molar-refractivity contribution is 0.519. The van der Waals surface area contributed by atoms with Crippen molar-refractivity contribution >= 4 is 39.1 Å². The Morgan fingerprint density at radius 2 is 1.90 bits per heavy atom. The zero-order valence-electron chi connectivity index (χ0n) is 12.0. The molecule has 0 amide bonds. The molecule has 1 unspecified atom stereocenters. The van der Waals surface area contributed by atoms with Gasteiger partial charge in [-0.2, -0.15) is 5.10 Å². The maximum atomic E-state index is 6.15. The van der Waals surface area contributed by atoms with Crippen LogP contribution < -0.4 is 5.32 Å².